The molecular weight excluding hydrogens is 470 g/mol. The van der Waals surface area contributed by atoms with Crippen LogP contribution in [0.2, 0.25) is 0 Å². The summed E-state index contributed by atoms with van der Waals surface area (Å²) in [6, 6.07) is 26.5. The fourth-order valence-electron chi connectivity index (χ4n) is 4.55. The van der Waals surface area contributed by atoms with Crippen molar-refractivity contribution in [2.45, 2.75) is 24.9 Å². The van der Waals surface area contributed by atoms with E-state index in [1.165, 1.54) is 6.26 Å². The largest absolute Gasteiger partial charge is 0.481 e. The number of carbonyl (C=O) groups is 2. The van der Waals surface area contributed by atoms with E-state index < -0.39 is 17.5 Å². The lowest BCUT2D eigenvalue weighted by molar-refractivity contribution is -0.140. The van der Waals surface area contributed by atoms with Gasteiger partial charge in [-0.3, -0.25) is 10.1 Å². The van der Waals surface area contributed by atoms with Crippen molar-refractivity contribution >= 4 is 28.9 Å². The maximum absolute atomic E-state index is 12.6. The summed E-state index contributed by atoms with van der Waals surface area (Å²) in [6.07, 6.45) is 2.24. The van der Waals surface area contributed by atoms with E-state index in [0.717, 1.165) is 27.8 Å². The van der Waals surface area contributed by atoms with Gasteiger partial charge in [0.1, 0.15) is 12.3 Å². The molecule has 7 nitrogen and oxygen atoms in total. The summed E-state index contributed by atoms with van der Waals surface area (Å²) < 4.78 is 16.9. The predicted octanol–water partition coefficient (Wildman–Crippen LogP) is 7.22. The number of carboxylic acid groups (broad SMARTS) is 1. The fraction of sp³-hybridized carbons (Fsp3) is 0.133. The number of hydrogen-bond donors (Lipinski definition) is 2. The van der Waals surface area contributed by atoms with Crippen molar-refractivity contribution in [3.05, 3.63) is 102 Å². The molecule has 3 aromatic carbocycles. The molecule has 0 bridgehead atoms. The van der Waals surface area contributed by atoms with Crippen LogP contribution in [0, 0.1) is 0 Å². The van der Waals surface area contributed by atoms with Gasteiger partial charge in [0, 0.05) is 11.6 Å². The molecule has 0 saturated heterocycles. The summed E-state index contributed by atoms with van der Waals surface area (Å²) in [5.74, 6) is -0.299. The van der Waals surface area contributed by atoms with Crippen LogP contribution in [0.1, 0.15) is 24.0 Å². The van der Waals surface area contributed by atoms with Crippen LogP contribution in [0.25, 0.3) is 33.6 Å². The number of furan rings is 2. The second-order valence-corrected chi connectivity index (χ2v) is 9.15. The normalized spacial score (nSPS) is 13.8. The number of carboxylic acids is 1. The van der Waals surface area contributed by atoms with Crippen LogP contribution in [0.15, 0.2) is 100 Å². The molecule has 5 aromatic rings. The monoisotopic (exact) mass is 493 g/mol. The number of benzene rings is 3. The highest BCUT2D eigenvalue weighted by Crippen LogP contribution is 2.48. The number of nitrogens with one attached hydrogen (secondary N) is 1. The third-order valence-corrected chi connectivity index (χ3v) is 6.81. The highest BCUT2D eigenvalue weighted by Gasteiger charge is 2.51. The van der Waals surface area contributed by atoms with Crippen molar-refractivity contribution in [3.63, 3.8) is 0 Å². The molecule has 1 aliphatic carbocycles. The first kappa shape index (κ1) is 22.7. The molecule has 2 heterocycles. The second-order valence-electron chi connectivity index (χ2n) is 9.15. The van der Waals surface area contributed by atoms with E-state index in [0.29, 0.717) is 35.5 Å². The van der Waals surface area contributed by atoms with Gasteiger partial charge >= 0.3 is 12.1 Å². The van der Waals surface area contributed by atoms with Crippen LogP contribution in [0.4, 0.5) is 10.5 Å². The molecule has 6 rings (SSSR count). The van der Waals surface area contributed by atoms with Gasteiger partial charge in [-0.2, -0.15) is 0 Å². The number of amides is 1. The first-order valence-electron chi connectivity index (χ1n) is 12.0. The molecular formula is C30H23NO6. The van der Waals surface area contributed by atoms with Crippen LogP contribution in [0.5, 0.6) is 0 Å². The SMILES string of the molecule is O=C(Nc1c(-c2ccc(-c3ccc(C4(C(=O)O)CC4)cc3)cc2)oc2ccoc12)OCc1ccccc1. The lowest BCUT2D eigenvalue weighted by Gasteiger charge is -2.11. The number of rotatable bonds is 7. The van der Waals surface area contributed by atoms with Gasteiger partial charge in [-0.15, -0.1) is 0 Å². The highest BCUT2D eigenvalue weighted by atomic mass is 16.5. The molecule has 1 amide bonds. The molecule has 2 N–H and O–H groups in total. The Morgan fingerprint density at radius 2 is 1.51 bits per heavy atom. The van der Waals surface area contributed by atoms with Crippen molar-refractivity contribution in [2.75, 3.05) is 5.32 Å². The van der Waals surface area contributed by atoms with Gasteiger partial charge in [0.25, 0.3) is 0 Å². The van der Waals surface area contributed by atoms with Crippen LogP contribution >= 0.6 is 0 Å². The lowest BCUT2D eigenvalue weighted by atomic mass is 9.93. The Bertz CT molecular complexity index is 1580. The van der Waals surface area contributed by atoms with Crippen LogP contribution < -0.4 is 5.32 Å². The maximum Gasteiger partial charge on any atom is 0.412 e. The predicted molar refractivity (Wildman–Crippen MR) is 138 cm³/mol. The Morgan fingerprint density at radius 3 is 2.16 bits per heavy atom. The van der Waals surface area contributed by atoms with Gasteiger partial charge in [-0.1, -0.05) is 78.9 Å². The number of carbonyl (C=O) groups excluding carboxylic acids is 1. The topological polar surface area (TPSA) is 102 Å². The van der Waals surface area contributed by atoms with E-state index in [9.17, 15) is 14.7 Å². The average Bonchev–Trinajstić information content (AvgIpc) is 3.51. The summed E-state index contributed by atoms with van der Waals surface area (Å²) in [5.41, 5.74) is 5.06. The smallest absolute Gasteiger partial charge is 0.412 e. The molecule has 1 aliphatic rings. The van der Waals surface area contributed by atoms with Crippen molar-refractivity contribution in [2.24, 2.45) is 0 Å². The Morgan fingerprint density at radius 1 is 0.865 bits per heavy atom. The molecule has 7 heteroatoms. The molecule has 1 fully saturated rings. The molecule has 0 aliphatic heterocycles. The summed E-state index contributed by atoms with van der Waals surface area (Å²) in [6.45, 7) is 0.141. The number of ether oxygens (including phenoxy) is 1. The molecule has 0 atom stereocenters. The first-order chi connectivity index (χ1) is 18.0. The quantitative estimate of drug-likeness (QED) is 0.248. The molecule has 1 saturated carbocycles. The zero-order valence-electron chi connectivity index (χ0n) is 19.8. The Balaban J connectivity index is 1.22. The molecule has 184 valence electrons. The van der Waals surface area contributed by atoms with Gasteiger partial charge < -0.3 is 18.7 Å². The minimum absolute atomic E-state index is 0.141. The van der Waals surface area contributed by atoms with Crippen LogP contribution in [0.3, 0.4) is 0 Å². The number of aliphatic carboxylic acids is 1. The molecule has 2 aromatic heterocycles. The molecule has 0 radical (unpaired) electrons. The van der Waals surface area contributed by atoms with E-state index in [2.05, 4.69) is 5.32 Å². The number of hydrogen-bond acceptors (Lipinski definition) is 5. The zero-order valence-corrected chi connectivity index (χ0v) is 19.8. The highest BCUT2D eigenvalue weighted by molar-refractivity contribution is 6.02. The van der Waals surface area contributed by atoms with E-state index in [-0.39, 0.29) is 6.61 Å². The Labute approximate surface area is 212 Å². The molecule has 0 spiro atoms. The van der Waals surface area contributed by atoms with E-state index in [4.69, 9.17) is 13.6 Å². The minimum Gasteiger partial charge on any atom is -0.481 e. The summed E-state index contributed by atoms with van der Waals surface area (Å²) >= 11 is 0. The van der Waals surface area contributed by atoms with E-state index in [1.807, 2.05) is 78.9 Å². The fourth-order valence-corrected chi connectivity index (χ4v) is 4.55. The molecule has 37 heavy (non-hydrogen) atoms. The zero-order chi connectivity index (χ0) is 25.4. The van der Waals surface area contributed by atoms with Gasteiger partial charge in [0.15, 0.2) is 16.9 Å². The van der Waals surface area contributed by atoms with Gasteiger partial charge in [-0.05, 0) is 35.1 Å². The van der Waals surface area contributed by atoms with Gasteiger partial charge in [0.05, 0.1) is 11.7 Å². The second kappa shape index (κ2) is 9.02. The maximum atomic E-state index is 12.6. The minimum atomic E-state index is -0.762. The van der Waals surface area contributed by atoms with E-state index in [1.54, 1.807) is 6.07 Å². The van der Waals surface area contributed by atoms with Gasteiger partial charge in [0.2, 0.25) is 0 Å². The van der Waals surface area contributed by atoms with E-state index >= 15 is 0 Å². The van der Waals surface area contributed by atoms with Crippen LogP contribution in [-0.2, 0) is 21.6 Å². The third kappa shape index (κ3) is 4.25. The number of fused-ring (bicyclic) bond motifs is 1. The molecule has 0 unspecified atom stereocenters. The van der Waals surface area contributed by atoms with Crippen molar-refractivity contribution in [1.82, 2.24) is 0 Å². The van der Waals surface area contributed by atoms with Crippen molar-refractivity contribution < 1.29 is 28.3 Å². The standard InChI is InChI=1S/C30H23NO6/c32-28(33)30(15-16-30)23-12-10-21(11-13-23)20-6-8-22(9-7-20)26-25(27-24(37-26)14-17-35-27)31-29(34)36-18-19-4-2-1-3-5-19/h1-14,17H,15-16,18H2,(H,31,34)(H,32,33). The Kier molecular flexibility index (Phi) is 5.53. The Hall–Kier alpha value is -4.78. The van der Waals surface area contributed by atoms with Crippen LogP contribution in [-0.4, -0.2) is 17.2 Å². The van der Waals surface area contributed by atoms with Crippen molar-refractivity contribution in [1.29, 1.82) is 0 Å². The van der Waals surface area contributed by atoms with Gasteiger partial charge in [-0.25, -0.2) is 4.79 Å². The summed E-state index contributed by atoms with van der Waals surface area (Å²) in [5, 5.41) is 12.3. The summed E-state index contributed by atoms with van der Waals surface area (Å²) in [7, 11) is 0. The van der Waals surface area contributed by atoms with Crippen molar-refractivity contribution in [3.8, 4) is 22.5 Å². The first-order valence-corrected chi connectivity index (χ1v) is 12.0. The lowest BCUT2D eigenvalue weighted by Crippen LogP contribution is -2.19. The average molecular weight is 494 g/mol. The number of anilines is 1. The summed E-state index contributed by atoms with van der Waals surface area (Å²) in [4.78, 5) is 24.2. The third-order valence-electron chi connectivity index (χ3n) is 6.81.